The van der Waals surface area contributed by atoms with E-state index in [0.717, 1.165) is 25.8 Å². The van der Waals surface area contributed by atoms with Gasteiger partial charge in [-0.05, 0) is 37.5 Å². The van der Waals surface area contributed by atoms with Crippen LogP contribution in [0.25, 0.3) is 0 Å². The average molecular weight is 250 g/mol. The zero-order valence-electron chi connectivity index (χ0n) is 10.9. The van der Waals surface area contributed by atoms with Crippen molar-refractivity contribution in [1.82, 2.24) is 10.2 Å². The molecule has 0 unspecified atom stereocenters. The Bertz CT molecular complexity index is 363. The van der Waals surface area contributed by atoms with E-state index < -0.39 is 0 Å². The zero-order chi connectivity index (χ0) is 12.6. The summed E-state index contributed by atoms with van der Waals surface area (Å²) in [4.78, 5) is 25.4. The molecule has 2 aliphatic carbocycles. The van der Waals surface area contributed by atoms with Crippen LogP contribution in [0.4, 0.5) is 0 Å². The molecule has 2 amide bonds. The topological polar surface area (TPSA) is 49.4 Å². The molecule has 3 rings (SSSR count). The predicted molar refractivity (Wildman–Crippen MR) is 67.8 cm³/mol. The van der Waals surface area contributed by atoms with Crippen LogP contribution in [0.15, 0.2) is 0 Å². The lowest BCUT2D eigenvalue weighted by molar-refractivity contribution is -0.133. The number of amides is 2. The Morgan fingerprint density at radius 1 is 1.33 bits per heavy atom. The molecule has 1 spiro atoms. The Labute approximate surface area is 108 Å². The van der Waals surface area contributed by atoms with Gasteiger partial charge in [-0.25, -0.2) is 0 Å². The second kappa shape index (κ2) is 4.56. The highest BCUT2D eigenvalue weighted by molar-refractivity contribution is 5.83. The van der Waals surface area contributed by atoms with Crippen molar-refractivity contribution in [3.05, 3.63) is 0 Å². The second-order valence-electron chi connectivity index (χ2n) is 6.10. The molecule has 18 heavy (non-hydrogen) atoms. The Morgan fingerprint density at radius 2 is 2.17 bits per heavy atom. The molecular weight excluding hydrogens is 228 g/mol. The molecule has 1 atom stereocenters. The van der Waals surface area contributed by atoms with Crippen molar-refractivity contribution in [2.45, 2.75) is 44.9 Å². The quantitative estimate of drug-likeness (QED) is 0.817. The Morgan fingerprint density at radius 3 is 2.78 bits per heavy atom. The summed E-state index contributed by atoms with van der Waals surface area (Å²) >= 11 is 0. The number of nitrogens with zero attached hydrogens (tertiary/aromatic N) is 1. The van der Waals surface area contributed by atoms with Crippen molar-refractivity contribution < 1.29 is 9.59 Å². The number of hydrogen-bond acceptors (Lipinski definition) is 2. The number of hydrogen-bond donors (Lipinski definition) is 1. The number of likely N-dealkylation sites (tertiary alicyclic amines) is 1. The molecule has 1 heterocycles. The Hall–Kier alpha value is -1.06. The average Bonchev–Trinajstić information content (AvgIpc) is 3.07. The molecule has 4 nitrogen and oxygen atoms in total. The fraction of sp³-hybridized carbons (Fsp3) is 0.857. The van der Waals surface area contributed by atoms with Gasteiger partial charge in [-0.2, -0.15) is 0 Å². The molecule has 3 aliphatic rings. The van der Waals surface area contributed by atoms with Gasteiger partial charge in [-0.3, -0.25) is 9.59 Å². The van der Waals surface area contributed by atoms with Crippen molar-refractivity contribution >= 4 is 11.8 Å². The first-order chi connectivity index (χ1) is 8.71. The van der Waals surface area contributed by atoms with Crippen LogP contribution < -0.4 is 5.32 Å². The van der Waals surface area contributed by atoms with Crippen molar-refractivity contribution in [3.8, 4) is 0 Å². The minimum atomic E-state index is 0.221. The molecule has 0 aromatic rings. The number of carbonyl (C=O) groups is 2. The van der Waals surface area contributed by atoms with E-state index in [0.29, 0.717) is 24.9 Å². The summed E-state index contributed by atoms with van der Waals surface area (Å²) in [5.41, 5.74) is 0.408. The predicted octanol–water partition coefficient (Wildman–Crippen LogP) is 1.31. The van der Waals surface area contributed by atoms with Crippen molar-refractivity contribution in [2.75, 3.05) is 19.6 Å². The molecule has 1 saturated heterocycles. The van der Waals surface area contributed by atoms with Crippen LogP contribution in [0.3, 0.4) is 0 Å². The number of carbonyl (C=O) groups excluding carboxylic acids is 2. The standard InChI is InChI=1S/C14H22N2O2/c17-12-4-1-2-8-16(12)9-7-15-13(18)11-10-14(11)5-3-6-14/h11H,1-10H2,(H,15,18)/t11-/m1/s1. The summed E-state index contributed by atoms with van der Waals surface area (Å²) in [6.45, 7) is 2.17. The van der Waals surface area contributed by atoms with E-state index in [1.807, 2.05) is 4.90 Å². The third-order valence-electron chi connectivity index (χ3n) is 4.96. The molecule has 100 valence electrons. The highest BCUT2D eigenvalue weighted by Crippen LogP contribution is 2.65. The van der Waals surface area contributed by atoms with E-state index in [1.54, 1.807) is 0 Å². The van der Waals surface area contributed by atoms with Crippen molar-refractivity contribution in [2.24, 2.45) is 11.3 Å². The second-order valence-corrected chi connectivity index (χ2v) is 6.10. The van der Waals surface area contributed by atoms with E-state index >= 15 is 0 Å². The summed E-state index contributed by atoms with van der Waals surface area (Å²) < 4.78 is 0. The van der Waals surface area contributed by atoms with Gasteiger partial charge in [0, 0.05) is 32.0 Å². The maximum atomic E-state index is 11.9. The fourth-order valence-electron chi connectivity index (χ4n) is 3.44. The maximum Gasteiger partial charge on any atom is 0.223 e. The fourth-order valence-corrected chi connectivity index (χ4v) is 3.44. The molecule has 1 aliphatic heterocycles. The molecular formula is C14H22N2O2. The maximum absolute atomic E-state index is 11.9. The van der Waals surface area contributed by atoms with Crippen LogP contribution in [0.2, 0.25) is 0 Å². The lowest BCUT2D eigenvalue weighted by Gasteiger charge is -2.27. The van der Waals surface area contributed by atoms with Gasteiger partial charge in [-0.1, -0.05) is 6.42 Å². The van der Waals surface area contributed by atoms with Crippen LogP contribution >= 0.6 is 0 Å². The van der Waals surface area contributed by atoms with Gasteiger partial charge in [0.15, 0.2) is 0 Å². The molecule has 0 aromatic carbocycles. The smallest absolute Gasteiger partial charge is 0.223 e. The molecule has 2 saturated carbocycles. The minimum absolute atomic E-state index is 0.221. The van der Waals surface area contributed by atoms with Gasteiger partial charge in [0.05, 0.1) is 0 Å². The first-order valence-corrected chi connectivity index (χ1v) is 7.27. The molecule has 0 radical (unpaired) electrons. The summed E-state index contributed by atoms with van der Waals surface area (Å²) in [5, 5.41) is 3.00. The first kappa shape index (κ1) is 12.0. The minimum Gasteiger partial charge on any atom is -0.354 e. The highest BCUT2D eigenvalue weighted by Gasteiger charge is 2.60. The van der Waals surface area contributed by atoms with Gasteiger partial charge < -0.3 is 10.2 Å². The number of piperidine rings is 1. The van der Waals surface area contributed by atoms with Gasteiger partial charge in [-0.15, -0.1) is 0 Å². The summed E-state index contributed by atoms with van der Waals surface area (Å²) in [6.07, 6.45) is 7.69. The largest absolute Gasteiger partial charge is 0.354 e. The lowest BCUT2D eigenvalue weighted by Crippen LogP contribution is -2.41. The van der Waals surface area contributed by atoms with Crippen LogP contribution in [0.5, 0.6) is 0 Å². The Kier molecular flexibility index (Phi) is 3.04. The van der Waals surface area contributed by atoms with Crippen molar-refractivity contribution in [3.63, 3.8) is 0 Å². The van der Waals surface area contributed by atoms with E-state index in [4.69, 9.17) is 0 Å². The highest BCUT2D eigenvalue weighted by atomic mass is 16.2. The van der Waals surface area contributed by atoms with Crippen LogP contribution in [-0.2, 0) is 9.59 Å². The Balaban J connectivity index is 1.37. The van der Waals surface area contributed by atoms with Gasteiger partial charge in [0.2, 0.25) is 11.8 Å². The zero-order valence-corrected chi connectivity index (χ0v) is 10.9. The van der Waals surface area contributed by atoms with Crippen LogP contribution in [0.1, 0.15) is 44.9 Å². The van der Waals surface area contributed by atoms with Crippen LogP contribution in [-0.4, -0.2) is 36.3 Å². The van der Waals surface area contributed by atoms with Gasteiger partial charge >= 0.3 is 0 Å². The SMILES string of the molecule is O=C(NCCN1CCCCC1=O)[C@H]1CC12CCC2. The molecule has 0 bridgehead atoms. The summed E-state index contributed by atoms with van der Waals surface area (Å²) in [5.74, 6) is 0.750. The van der Waals surface area contributed by atoms with Gasteiger partial charge in [0.1, 0.15) is 0 Å². The normalized spacial score (nSPS) is 29.0. The van der Waals surface area contributed by atoms with Gasteiger partial charge in [0.25, 0.3) is 0 Å². The van der Waals surface area contributed by atoms with E-state index in [-0.39, 0.29) is 17.7 Å². The molecule has 3 fully saturated rings. The van der Waals surface area contributed by atoms with E-state index in [9.17, 15) is 9.59 Å². The summed E-state index contributed by atoms with van der Waals surface area (Å²) in [7, 11) is 0. The molecule has 0 aromatic heterocycles. The monoisotopic (exact) mass is 250 g/mol. The number of rotatable bonds is 4. The van der Waals surface area contributed by atoms with Crippen LogP contribution in [0, 0.1) is 11.3 Å². The van der Waals surface area contributed by atoms with E-state index in [1.165, 1.54) is 19.3 Å². The third-order valence-corrected chi connectivity index (χ3v) is 4.96. The molecule has 4 heteroatoms. The number of nitrogens with one attached hydrogen (secondary N) is 1. The third kappa shape index (κ3) is 2.13. The lowest BCUT2D eigenvalue weighted by atomic mass is 9.80. The first-order valence-electron chi connectivity index (χ1n) is 7.27. The van der Waals surface area contributed by atoms with E-state index in [2.05, 4.69) is 5.32 Å². The van der Waals surface area contributed by atoms with Crippen molar-refractivity contribution in [1.29, 1.82) is 0 Å². The molecule has 1 N–H and O–H groups in total. The summed E-state index contributed by atoms with van der Waals surface area (Å²) in [6, 6.07) is 0.